The average molecular weight is 362 g/mol. The Hall–Kier alpha value is -1.69. The van der Waals surface area contributed by atoms with Crippen LogP contribution in [0.1, 0.15) is 61.7 Å². The van der Waals surface area contributed by atoms with Crippen molar-refractivity contribution in [1.82, 2.24) is 9.97 Å². The maximum absolute atomic E-state index is 11.3. The third kappa shape index (κ3) is 4.48. The number of fused-ring (bicyclic) bond motifs is 3. The van der Waals surface area contributed by atoms with E-state index in [1.54, 1.807) is 0 Å². The van der Waals surface area contributed by atoms with E-state index in [0.29, 0.717) is 13.0 Å². The van der Waals surface area contributed by atoms with E-state index in [4.69, 9.17) is 4.74 Å². The van der Waals surface area contributed by atoms with Crippen molar-refractivity contribution >= 4 is 33.3 Å². The summed E-state index contributed by atoms with van der Waals surface area (Å²) in [5.74, 6) is 1.73. The van der Waals surface area contributed by atoms with Crippen LogP contribution >= 0.6 is 11.3 Å². The molecule has 6 heteroatoms. The summed E-state index contributed by atoms with van der Waals surface area (Å²) >= 11 is 1.84. The minimum Gasteiger partial charge on any atom is -0.466 e. The number of thiophene rings is 1. The summed E-state index contributed by atoms with van der Waals surface area (Å²) in [7, 11) is 0. The molecule has 0 unspecified atom stereocenters. The number of nitrogens with one attached hydrogen (secondary N) is 1. The largest absolute Gasteiger partial charge is 0.466 e. The van der Waals surface area contributed by atoms with Gasteiger partial charge >= 0.3 is 5.97 Å². The molecule has 136 valence electrons. The number of aryl methyl sites for hydroxylation is 3. The Morgan fingerprint density at radius 2 is 2.04 bits per heavy atom. The number of carbonyl (C=O) groups is 1. The molecule has 0 saturated heterocycles. The molecule has 2 aromatic heterocycles. The van der Waals surface area contributed by atoms with Crippen LogP contribution in [0.25, 0.3) is 10.2 Å². The molecule has 1 aliphatic carbocycles. The van der Waals surface area contributed by atoms with E-state index in [9.17, 15) is 4.79 Å². The van der Waals surface area contributed by atoms with Crippen molar-refractivity contribution in [2.24, 2.45) is 0 Å². The molecule has 5 nitrogen and oxygen atoms in total. The fraction of sp³-hybridized carbons (Fsp3) is 0.632. The molecule has 3 rings (SSSR count). The van der Waals surface area contributed by atoms with Gasteiger partial charge in [0, 0.05) is 17.8 Å². The number of nitrogens with zero attached hydrogens (tertiary/aromatic N) is 2. The maximum atomic E-state index is 11.3. The highest BCUT2D eigenvalue weighted by Gasteiger charge is 2.20. The van der Waals surface area contributed by atoms with Gasteiger partial charge in [0.25, 0.3) is 0 Å². The Kier molecular flexibility index (Phi) is 6.24. The molecule has 0 fully saturated rings. The first-order valence-electron chi connectivity index (χ1n) is 9.37. The lowest BCUT2D eigenvalue weighted by molar-refractivity contribution is -0.143. The number of rotatable bonds is 8. The summed E-state index contributed by atoms with van der Waals surface area (Å²) in [6.45, 7) is 5.14. The smallest absolute Gasteiger partial charge is 0.305 e. The van der Waals surface area contributed by atoms with Crippen LogP contribution in [0, 0.1) is 6.92 Å². The van der Waals surface area contributed by atoms with Gasteiger partial charge in [-0.15, -0.1) is 11.3 Å². The summed E-state index contributed by atoms with van der Waals surface area (Å²) in [5.41, 5.74) is 1.47. The van der Waals surface area contributed by atoms with Gasteiger partial charge < -0.3 is 10.1 Å². The van der Waals surface area contributed by atoms with E-state index < -0.39 is 0 Å². The summed E-state index contributed by atoms with van der Waals surface area (Å²) in [5, 5.41) is 4.76. The Morgan fingerprint density at radius 1 is 1.20 bits per heavy atom. The number of carbonyl (C=O) groups excluding carboxylic acids is 1. The second kappa shape index (κ2) is 8.61. The van der Waals surface area contributed by atoms with Gasteiger partial charge in [0.15, 0.2) is 0 Å². The third-order valence-electron chi connectivity index (χ3n) is 4.58. The lowest BCUT2D eigenvalue weighted by Gasteiger charge is -2.13. The molecule has 1 N–H and O–H groups in total. The Morgan fingerprint density at radius 3 is 2.88 bits per heavy atom. The third-order valence-corrected chi connectivity index (χ3v) is 5.77. The van der Waals surface area contributed by atoms with Crippen molar-refractivity contribution in [1.29, 1.82) is 0 Å². The number of hydrogen-bond acceptors (Lipinski definition) is 6. The predicted octanol–water partition coefficient (Wildman–Crippen LogP) is 4.41. The molecule has 2 aromatic rings. The van der Waals surface area contributed by atoms with E-state index in [-0.39, 0.29) is 5.97 Å². The van der Waals surface area contributed by atoms with Crippen LogP contribution in [0.3, 0.4) is 0 Å². The zero-order valence-corrected chi connectivity index (χ0v) is 16.0. The Bertz CT molecular complexity index is 742. The van der Waals surface area contributed by atoms with Gasteiger partial charge in [0.05, 0.1) is 12.0 Å². The van der Waals surface area contributed by atoms with E-state index in [1.807, 2.05) is 25.2 Å². The summed E-state index contributed by atoms with van der Waals surface area (Å²) in [6, 6.07) is 0. The van der Waals surface area contributed by atoms with Crippen molar-refractivity contribution in [2.75, 3.05) is 18.5 Å². The SMILES string of the molecule is CCOC(=O)CCCCCNc1nc(C)nc2sc3c(c12)CCCC3. The van der Waals surface area contributed by atoms with Crippen LogP contribution in [0.2, 0.25) is 0 Å². The maximum Gasteiger partial charge on any atom is 0.305 e. The quantitative estimate of drug-likeness (QED) is 0.557. The van der Waals surface area contributed by atoms with Gasteiger partial charge in [-0.1, -0.05) is 6.42 Å². The van der Waals surface area contributed by atoms with Gasteiger partial charge in [0.1, 0.15) is 16.5 Å². The molecule has 0 bridgehead atoms. The molecular formula is C19H27N3O2S. The highest BCUT2D eigenvalue weighted by Crippen LogP contribution is 2.38. The molecule has 0 amide bonds. The molecule has 0 spiro atoms. The highest BCUT2D eigenvalue weighted by atomic mass is 32.1. The molecule has 25 heavy (non-hydrogen) atoms. The Balaban J connectivity index is 1.58. The summed E-state index contributed by atoms with van der Waals surface area (Å²) in [4.78, 5) is 23.3. The number of anilines is 1. The standard InChI is InChI=1S/C19H27N3O2S/c1-3-24-16(23)11-5-4-8-12-20-18-17-14-9-6-7-10-15(14)25-19(17)22-13(2)21-18/h3-12H2,1-2H3,(H,20,21,22). The van der Waals surface area contributed by atoms with Gasteiger partial charge in [-0.3, -0.25) is 4.79 Å². The summed E-state index contributed by atoms with van der Waals surface area (Å²) in [6.07, 6.45) is 8.32. The molecule has 0 aliphatic heterocycles. The zero-order chi connectivity index (χ0) is 17.6. The molecule has 0 radical (unpaired) electrons. The second-order valence-electron chi connectivity index (χ2n) is 6.55. The fourth-order valence-electron chi connectivity index (χ4n) is 3.40. The number of ether oxygens (including phenoxy) is 1. The van der Waals surface area contributed by atoms with Crippen LogP contribution in [-0.4, -0.2) is 29.1 Å². The van der Waals surface area contributed by atoms with E-state index in [0.717, 1.165) is 48.7 Å². The normalized spacial score (nSPS) is 13.7. The first-order valence-corrected chi connectivity index (χ1v) is 10.2. The summed E-state index contributed by atoms with van der Waals surface area (Å²) < 4.78 is 4.95. The van der Waals surface area contributed by atoms with Crippen molar-refractivity contribution < 1.29 is 9.53 Å². The van der Waals surface area contributed by atoms with Gasteiger partial charge in [-0.05, 0) is 57.9 Å². The van der Waals surface area contributed by atoms with Crippen molar-refractivity contribution in [3.63, 3.8) is 0 Å². The van der Waals surface area contributed by atoms with Gasteiger partial charge in [-0.2, -0.15) is 0 Å². The zero-order valence-electron chi connectivity index (χ0n) is 15.2. The molecule has 1 aliphatic rings. The van der Waals surface area contributed by atoms with Crippen LogP contribution in [-0.2, 0) is 22.4 Å². The van der Waals surface area contributed by atoms with Crippen LogP contribution in [0.5, 0.6) is 0 Å². The Labute approximate surface area is 153 Å². The number of hydrogen-bond donors (Lipinski definition) is 1. The second-order valence-corrected chi connectivity index (χ2v) is 7.64. The first kappa shape index (κ1) is 18.1. The van der Waals surface area contributed by atoms with E-state index in [1.165, 1.54) is 35.1 Å². The van der Waals surface area contributed by atoms with Crippen LogP contribution in [0.15, 0.2) is 0 Å². The molecule has 0 saturated carbocycles. The number of esters is 1. The van der Waals surface area contributed by atoms with Crippen molar-refractivity contribution in [3.8, 4) is 0 Å². The molecular weight excluding hydrogens is 334 g/mol. The molecule has 0 atom stereocenters. The lowest BCUT2D eigenvalue weighted by atomic mass is 9.97. The van der Waals surface area contributed by atoms with Crippen LogP contribution < -0.4 is 5.32 Å². The van der Waals surface area contributed by atoms with Crippen molar-refractivity contribution in [2.45, 2.75) is 65.2 Å². The lowest BCUT2D eigenvalue weighted by Crippen LogP contribution is -2.07. The monoisotopic (exact) mass is 361 g/mol. The highest BCUT2D eigenvalue weighted by molar-refractivity contribution is 7.19. The minimum atomic E-state index is -0.0894. The number of unbranched alkanes of at least 4 members (excludes halogenated alkanes) is 2. The van der Waals surface area contributed by atoms with Crippen molar-refractivity contribution in [3.05, 3.63) is 16.3 Å². The minimum absolute atomic E-state index is 0.0894. The average Bonchev–Trinajstić information content (AvgIpc) is 2.96. The fourth-order valence-corrected chi connectivity index (χ4v) is 4.71. The van der Waals surface area contributed by atoms with Gasteiger partial charge in [0.2, 0.25) is 0 Å². The predicted molar refractivity (Wildman–Crippen MR) is 102 cm³/mol. The van der Waals surface area contributed by atoms with E-state index in [2.05, 4.69) is 15.3 Å². The molecule has 0 aromatic carbocycles. The molecule has 2 heterocycles. The topological polar surface area (TPSA) is 64.1 Å². The van der Waals surface area contributed by atoms with E-state index >= 15 is 0 Å². The first-order chi connectivity index (χ1) is 12.2. The van der Waals surface area contributed by atoms with Crippen LogP contribution in [0.4, 0.5) is 5.82 Å². The van der Waals surface area contributed by atoms with Gasteiger partial charge in [-0.25, -0.2) is 9.97 Å². The number of aromatic nitrogens is 2.